The van der Waals surface area contributed by atoms with Crippen LogP contribution in [0.4, 0.5) is 0 Å². The van der Waals surface area contributed by atoms with Crippen LogP contribution in [0.15, 0.2) is 55.0 Å². The topological polar surface area (TPSA) is 8.29 Å². The molecular weight excluding hydrogens is 208 g/mol. The summed E-state index contributed by atoms with van der Waals surface area (Å²) in [4.78, 5) is 0. The highest BCUT2D eigenvalue weighted by atomic mass is 14.9. The zero-order valence-corrected chi connectivity index (χ0v) is 10.1. The predicted octanol–water partition coefficient (Wildman–Crippen LogP) is 2.74. The SMILES string of the molecule is Cc1ccn2cccc2c1-c1cccc[n+]1C. The second kappa shape index (κ2) is 3.74. The summed E-state index contributed by atoms with van der Waals surface area (Å²) in [5.74, 6) is 0. The third-order valence-corrected chi connectivity index (χ3v) is 3.23. The molecule has 0 amide bonds. The van der Waals surface area contributed by atoms with Gasteiger partial charge >= 0.3 is 0 Å². The molecule has 0 fully saturated rings. The van der Waals surface area contributed by atoms with Gasteiger partial charge < -0.3 is 4.40 Å². The first kappa shape index (κ1) is 10.1. The monoisotopic (exact) mass is 223 g/mol. The molecule has 0 aliphatic heterocycles. The molecule has 0 aromatic carbocycles. The minimum absolute atomic E-state index is 1.24. The molecule has 3 rings (SSSR count). The van der Waals surface area contributed by atoms with Gasteiger partial charge in [0.1, 0.15) is 7.05 Å². The van der Waals surface area contributed by atoms with Gasteiger partial charge in [-0.3, -0.25) is 0 Å². The lowest BCUT2D eigenvalue weighted by Crippen LogP contribution is -2.30. The molecule has 17 heavy (non-hydrogen) atoms. The van der Waals surface area contributed by atoms with Crippen molar-refractivity contribution >= 4 is 5.52 Å². The zero-order chi connectivity index (χ0) is 11.8. The van der Waals surface area contributed by atoms with Gasteiger partial charge in [-0.1, -0.05) is 0 Å². The summed E-state index contributed by atoms with van der Waals surface area (Å²) in [5.41, 5.74) is 5.11. The van der Waals surface area contributed by atoms with Crippen molar-refractivity contribution in [3.8, 4) is 11.3 Å². The Labute approximate surface area is 101 Å². The maximum absolute atomic E-state index is 2.16. The first-order chi connectivity index (χ1) is 8.27. The molecule has 3 aromatic heterocycles. The number of hydrogen-bond acceptors (Lipinski definition) is 0. The van der Waals surface area contributed by atoms with Crippen LogP contribution in [-0.4, -0.2) is 4.40 Å². The molecule has 0 bridgehead atoms. The van der Waals surface area contributed by atoms with Gasteiger partial charge in [0.25, 0.3) is 0 Å². The summed E-state index contributed by atoms with van der Waals surface area (Å²) in [6.07, 6.45) is 6.28. The quantitative estimate of drug-likeness (QED) is 0.561. The maximum Gasteiger partial charge on any atom is 0.214 e. The van der Waals surface area contributed by atoms with E-state index in [1.807, 2.05) is 0 Å². The number of aromatic nitrogens is 2. The van der Waals surface area contributed by atoms with E-state index in [9.17, 15) is 0 Å². The van der Waals surface area contributed by atoms with E-state index in [1.165, 1.54) is 22.3 Å². The van der Waals surface area contributed by atoms with Crippen molar-refractivity contribution in [1.29, 1.82) is 0 Å². The van der Waals surface area contributed by atoms with Crippen LogP contribution in [0.3, 0.4) is 0 Å². The van der Waals surface area contributed by atoms with E-state index in [2.05, 4.69) is 77.9 Å². The van der Waals surface area contributed by atoms with Gasteiger partial charge in [-0.2, -0.15) is 0 Å². The van der Waals surface area contributed by atoms with Crippen LogP contribution in [0.25, 0.3) is 16.8 Å². The van der Waals surface area contributed by atoms with Gasteiger partial charge in [0.2, 0.25) is 5.69 Å². The van der Waals surface area contributed by atoms with Gasteiger partial charge in [0.05, 0.1) is 11.1 Å². The van der Waals surface area contributed by atoms with Crippen LogP contribution in [0.5, 0.6) is 0 Å². The Bertz CT molecular complexity index is 680. The number of hydrogen-bond donors (Lipinski definition) is 0. The maximum atomic E-state index is 2.16. The third kappa shape index (κ3) is 1.53. The number of nitrogens with zero attached hydrogens (tertiary/aromatic N) is 2. The fourth-order valence-corrected chi connectivity index (χ4v) is 2.33. The molecule has 0 aliphatic carbocycles. The molecule has 0 saturated heterocycles. The summed E-state index contributed by atoms with van der Waals surface area (Å²) in [6.45, 7) is 2.16. The van der Waals surface area contributed by atoms with Crippen molar-refractivity contribution < 1.29 is 4.57 Å². The fraction of sp³-hybridized carbons (Fsp3) is 0.133. The van der Waals surface area contributed by atoms with E-state index in [0.29, 0.717) is 0 Å². The van der Waals surface area contributed by atoms with Crippen molar-refractivity contribution in [2.75, 3.05) is 0 Å². The molecule has 84 valence electrons. The highest BCUT2D eigenvalue weighted by Crippen LogP contribution is 2.25. The second-order valence-corrected chi connectivity index (χ2v) is 4.37. The summed E-state index contributed by atoms with van der Waals surface area (Å²) in [6, 6.07) is 12.7. The molecule has 0 aliphatic rings. The summed E-state index contributed by atoms with van der Waals surface area (Å²) in [5, 5.41) is 0. The summed E-state index contributed by atoms with van der Waals surface area (Å²) in [7, 11) is 2.08. The highest BCUT2D eigenvalue weighted by molar-refractivity contribution is 5.79. The Morgan fingerprint density at radius 3 is 2.71 bits per heavy atom. The van der Waals surface area contributed by atoms with Crippen molar-refractivity contribution in [1.82, 2.24) is 4.40 Å². The Balaban J connectivity index is 2.40. The Kier molecular flexibility index (Phi) is 2.22. The predicted molar refractivity (Wildman–Crippen MR) is 68.7 cm³/mol. The third-order valence-electron chi connectivity index (χ3n) is 3.23. The average Bonchev–Trinajstić information content (AvgIpc) is 2.79. The molecular formula is C15H15N2+. The van der Waals surface area contributed by atoms with Gasteiger partial charge in [-0.15, -0.1) is 0 Å². The largest absolute Gasteiger partial charge is 0.323 e. The number of rotatable bonds is 1. The molecule has 3 heterocycles. The molecule has 0 unspecified atom stereocenters. The van der Waals surface area contributed by atoms with Gasteiger partial charge in [0.15, 0.2) is 6.20 Å². The van der Waals surface area contributed by atoms with E-state index in [-0.39, 0.29) is 0 Å². The van der Waals surface area contributed by atoms with Crippen LogP contribution in [0, 0.1) is 6.92 Å². The second-order valence-electron chi connectivity index (χ2n) is 4.37. The Hall–Kier alpha value is -2.09. The minimum Gasteiger partial charge on any atom is -0.323 e. The first-order valence-electron chi connectivity index (χ1n) is 5.79. The first-order valence-corrected chi connectivity index (χ1v) is 5.79. The van der Waals surface area contributed by atoms with E-state index in [0.717, 1.165) is 0 Å². The van der Waals surface area contributed by atoms with Gasteiger partial charge in [-0.05, 0) is 36.8 Å². The van der Waals surface area contributed by atoms with Crippen molar-refractivity contribution in [3.05, 3.63) is 60.6 Å². The van der Waals surface area contributed by atoms with Crippen molar-refractivity contribution in [2.45, 2.75) is 6.92 Å². The standard InChI is InChI=1S/C15H15N2/c1-12-8-11-17-10-5-7-14(17)15(12)13-6-3-4-9-16(13)2/h3-11H,1-2H3/q+1. The molecule has 0 radical (unpaired) electrons. The Morgan fingerprint density at radius 1 is 1.00 bits per heavy atom. The van der Waals surface area contributed by atoms with Crippen LogP contribution >= 0.6 is 0 Å². The molecule has 3 aromatic rings. The number of pyridine rings is 2. The lowest BCUT2D eigenvalue weighted by Gasteiger charge is -2.07. The number of fused-ring (bicyclic) bond motifs is 1. The van der Waals surface area contributed by atoms with E-state index in [1.54, 1.807) is 0 Å². The normalized spacial score (nSPS) is 10.9. The Morgan fingerprint density at radius 2 is 1.88 bits per heavy atom. The van der Waals surface area contributed by atoms with E-state index < -0.39 is 0 Å². The molecule has 2 nitrogen and oxygen atoms in total. The zero-order valence-electron chi connectivity index (χ0n) is 10.1. The molecule has 0 spiro atoms. The van der Waals surface area contributed by atoms with Gasteiger partial charge in [0, 0.05) is 24.5 Å². The minimum atomic E-state index is 1.24. The summed E-state index contributed by atoms with van der Waals surface area (Å²) >= 11 is 0. The highest BCUT2D eigenvalue weighted by Gasteiger charge is 2.14. The molecule has 0 N–H and O–H groups in total. The summed E-state index contributed by atoms with van der Waals surface area (Å²) < 4.78 is 4.32. The lowest BCUT2D eigenvalue weighted by atomic mass is 10.1. The molecule has 2 heteroatoms. The smallest absolute Gasteiger partial charge is 0.214 e. The van der Waals surface area contributed by atoms with Crippen LogP contribution < -0.4 is 4.57 Å². The van der Waals surface area contributed by atoms with Crippen LogP contribution in [-0.2, 0) is 7.05 Å². The van der Waals surface area contributed by atoms with E-state index >= 15 is 0 Å². The van der Waals surface area contributed by atoms with Crippen LogP contribution in [0.1, 0.15) is 5.56 Å². The van der Waals surface area contributed by atoms with Crippen LogP contribution in [0.2, 0.25) is 0 Å². The molecule has 0 saturated carbocycles. The van der Waals surface area contributed by atoms with Crippen molar-refractivity contribution in [3.63, 3.8) is 0 Å². The van der Waals surface area contributed by atoms with Crippen molar-refractivity contribution in [2.24, 2.45) is 7.05 Å². The molecule has 0 atom stereocenters. The average molecular weight is 223 g/mol. The number of aryl methyl sites for hydroxylation is 2. The van der Waals surface area contributed by atoms with E-state index in [4.69, 9.17) is 0 Å². The lowest BCUT2D eigenvalue weighted by molar-refractivity contribution is -0.660. The van der Waals surface area contributed by atoms with Gasteiger partial charge in [-0.25, -0.2) is 4.57 Å². The fourth-order valence-electron chi connectivity index (χ4n) is 2.33.